The molecule has 1 aliphatic heterocycles. The first-order chi connectivity index (χ1) is 31.9. The summed E-state index contributed by atoms with van der Waals surface area (Å²) in [6.07, 6.45) is 5.37. The van der Waals surface area contributed by atoms with Gasteiger partial charge in [-0.3, -0.25) is 4.99 Å². The zero-order chi connectivity index (χ0) is 43.4. The highest BCUT2D eigenvalue weighted by molar-refractivity contribution is 6.10. The number of aliphatic imine (C=N–C) groups is 1. The van der Waals surface area contributed by atoms with Gasteiger partial charge in [-0.1, -0.05) is 153 Å². The molecular weight excluding hydrogens is 787 g/mol. The minimum absolute atomic E-state index is 0.118. The molecule has 0 saturated carbocycles. The third-order valence-corrected chi connectivity index (χ3v) is 15.1. The van der Waals surface area contributed by atoms with Crippen molar-refractivity contribution in [2.45, 2.75) is 44.4 Å². The molecule has 2 heterocycles. The number of nitrogens with zero attached hydrogens (tertiary/aromatic N) is 3. The Bertz CT molecular complexity index is 3610. The molecule has 65 heavy (non-hydrogen) atoms. The Morgan fingerprint density at radius 2 is 1.11 bits per heavy atom. The molecule has 3 heteroatoms. The molecule has 1 unspecified atom stereocenters. The quantitative estimate of drug-likeness (QED) is 0.169. The highest BCUT2D eigenvalue weighted by Crippen LogP contribution is 2.53. The molecule has 1 atom stereocenters. The third-order valence-electron chi connectivity index (χ3n) is 15.1. The number of aromatic nitrogens is 1. The first kappa shape index (κ1) is 38.0. The fourth-order valence-corrected chi connectivity index (χ4v) is 11.8. The van der Waals surface area contributed by atoms with Crippen LogP contribution in [0, 0.1) is 0 Å². The Labute approximate surface area is 381 Å². The topological polar surface area (TPSA) is 20.5 Å². The molecule has 0 bridgehead atoms. The van der Waals surface area contributed by atoms with E-state index in [4.69, 9.17) is 4.99 Å². The van der Waals surface area contributed by atoms with Crippen LogP contribution in [-0.2, 0) is 18.3 Å². The fraction of sp³-hybridized carbons (Fsp3) is 0.145. The van der Waals surface area contributed by atoms with E-state index in [1.165, 1.54) is 116 Å². The number of hydrogen-bond donors (Lipinski definition) is 0. The number of hydrogen-bond acceptors (Lipinski definition) is 2. The van der Waals surface area contributed by atoms with Gasteiger partial charge in [-0.05, 0) is 145 Å². The van der Waals surface area contributed by atoms with Crippen molar-refractivity contribution in [1.82, 2.24) is 4.57 Å². The standard InChI is InChI=1S/C62H49N3/c1-62(2)56-36-44(24-28-50(56)51-29-25-45(37-57(51)62)43-23-27-49-48-19-7-8-21-54(48)60-61(55(49)35-43)64(3)32-31-63-60)41-15-11-13-39(33-41)40-14-12-16-42(34-40)46-26-30-53-52-20-9-10-22-58(52)65(59(53)38-46)47-17-5-4-6-18-47/h4-22,24-26,28-31,33-34,36-38,43H,23,27,32,35H2,1-3H3. The second-order valence-electron chi connectivity index (χ2n) is 19.1. The normalized spacial score (nSPS) is 15.9. The van der Waals surface area contributed by atoms with Crippen LogP contribution >= 0.6 is 0 Å². The van der Waals surface area contributed by atoms with Gasteiger partial charge in [0.15, 0.2) is 0 Å². The van der Waals surface area contributed by atoms with Crippen molar-refractivity contribution >= 4 is 50.2 Å². The number of aryl methyl sites for hydroxylation is 1. The maximum absolute atomic E-state index is 4.99. The zero-order valence-corrected chi connectivity index (χ0v) is 37.1. The number of rotatable bonds is 5. The van der Waals surface area contributed by atoms with Gasteiger partial charge in [0, 0.05) is 40.5 Å². The Morgan fingerprint density at radius 3 is 1.86 bits per heavy atom. The maximum atomic E-state index is 4.99. The predicted molar refractivity (Wildman–Crippen MR) is 275 cm³/mol. The summed E-state index contributed by atoms with van der Waals surface area (Å²) < 4.78 is 2.40. The molecule has 3 nitrogen and oxygen atoms in total. The van der Waals surface area contributed by atoms with Crippen LogP contribution in [0.15, 0.2) is 187 Å². The molecule has 10 aromatic rings. The van der Waals surface area contributed by atoms with Crippen molar-refractivity contribution in [3.05, 3.63) is 210 Å². The Kier molecular flexibility index (Phi) is 8.49. The number of para-hydroxylation sites is 2. The van der Waals surface area contributed by atoms with E-state index in [9.17, 15) is 0 Å². The minimum atomic E-state index is -0.118. The van der Waals surface area contributed by atoms with Crippen molar-refractivity contribution < 1.29 is 0 Å². The van der Waals surface area contributed by atoms with E-state index >= 15 is 0 Å². The smallest absolute Gasteiger partial charge is 0.0941 e. The van der Waals surface area contributed by atoms with Gasteiger partial charge in [0.2, 0.25) is 0 Å². The SMILES string of the molecule is CN1CC=Nc2c1c1c(c3ccccc23)CCC(c2ccc3c(c2)C(C)(C)c2cc(-c4cccc(-c5cccc(-c6ccc7c8ccccc8n(-c8ccccc8)c7c6)c5)c4)ccc2-3)C1. The lowest BCUT2D eigenvalue weighted by Gasteiger charge is -2.34. The van der Waals surface area contributed by atoms with Gasteiger partial charge in [-0.2, -0.15) is 0 Å². The van der Waals surface area contributed by atoms with E-state index in [2.05, 4.69) is 219 Å². The van der Waals surface area contributed by atoms with Gasteiger partial charge in [-0.15, -0.1) is 0 Å². The van der Waals surface area contributed by atoms with Crippen LogP contribution in [0.4, 0.5) is 11.4 Å². The van der Waals surface area contributed by atoms with Crippen LogP contribution in [0.3, 0.4) is 0 Å². The van der Waals surface area contributed by atoms with Crippen molar-refractivity contribution in [2.24, 2.45) is 4.99 Å². The van der Waals surface area contributed by atoms with Crippen LogP contribution in [0.1, 0.15) is 54.0 Å². The van der Waals surface area contributed by atoms with Crippen LogP contribution in [0.2, 0.25) is 0 Å². The van der Waals surface area contributed by atoms with Crippen molar-refractivity contribution in [1.29, 1.82) is 0 Å². The Hall–Kier alpha value is -7.49. The van der Waals surface area contributed by atoms with Gasteiger partial charge in [0.1, 0.15) is 0 Å². The van der Waals surface area contributed by atoms with E-state index < -0.39 is 0 Å². The molecule has 0 radical (unpaired) electrons. The number of anilines is 1. The summed E-state index contributed by atoms with van der Waals surface area (Å²) in [6, 6.07) is 68.0. The first-order valence-electron chi connectivity index (χ1n) is 23.3. The van der Waals surface area contributed by atoms with Crippen LogP contribution in [0.25, 0.3) is 82.8 Å². The average molecular weight is 836 g/mol. The highest BCUT2D eigenvalue weighted by atomic mass is 15.1. The lowest BCUT2D eigenvalue weighted by molar-refractivity contribution is 0.584. The van der Waals surface area contributed by atoms with E-state index in [0.29, 0.717) is 5.92 Å². The molecule has 0 spiro atoms. The van der Waals surface area contributed by atoms with E-state index in [1.807, 2.05) is 0 Å². The molecule has 0 amide bonds. The molecule has 1 aromatic heterocycles. The van der Waals surface area contributed by atoms with E-state index in [0.717, 1.165) is 31.5 Å². The fourth-order valence-electron chi connectivity index (χ4n) is 11.8. The summed E-state index contributed by atoms with van der Waals surface area (Å²) in [4.78, 5) is 7.40. The van der Waals surface area contributed by atoms with Gasteiger partial charge in [0.05, 0.1) is 29.0 Å². The maximum Gasteiger partial charge on any atom is 0.0941 e. The van der Waals surface area contributed by atoms with E-state index in [-0.39, 0.29) is 5.41 Å². The van der Waals surface area contributed by atoms with E-state index in [1.54, 1.807) is 0 Å². The highest BCUT2D eigenvalue weighted by Gasteiger charge is 2.37. The lowest BCUT2D eigenvalue weighted by Crippen LogP contribution is -2.26. The summed E-state index contributed by atoms with van der Waals surface area (Å²) in [6.45, 7) is 5.71. The summed E-state index contributed by atoms with van der Waals surface area (Å²) in [5.41, 5.74) is 23.4. The Morgan fingerprint density at radius 1 is 0.508 bits per heavy atom. The monoisotopic (exact) mass is 835 g/mol. The molecule has 13 rings (SSSR count). The average Bonchev–Trinajstić information content (AvgIpc) is 3.81. The largest absolute Gasteiger partial charge is 0.367 e. The van der Waals surface area contributed by atoms with Gasteiger partial charge in [-0.25, -0.2) is 0 Å². The minimum Gasteiger partial charge on any atom is -0.367 e. The third kappa shape index (κ3) is 5.91. The summed E-state index contributed by atoms with van der Waals surface area (Å²) in [7, 11) is 2.23. The molecule has 2 aliphatic carbocycles. The first-order valence-corrected chi connectivity index (χ1v) is 23.3. The summed E-state index contributed by atoms with van der Waals surface area (Å²) in [5, 5.41) is 5.21. The van der Waals surface area contributed by atoms with Crippen molar-refractivity contribution in [2.75, 3.05) is 18.5 Å². The van der Waals surface area contributed by atoms with Crippen LogP contribution < -0.4 is 4.90 Å². The second kappa shape index (κ2) is 14.5. The molecule has 0 saturated heterocycles. The van der Waals surface area contributed by atoms with Crippen molar-refractivity contribution in [3.8, 4) is 50.2 Å². The zero-order valence-electron chi connectivity index (χ0n) is 37.1. The van der Waals surface area contributed by atoms with Gasteiger partial charge < -0.3 is 9.47 Å². The second-order valence-corrected chi connectivity index (χ2v) is 19.1. The molecule has 0 N–H and O–H groups in total. The lowest BCUT2D eigenvalue weighted by atomic mass is 9.75. The molecule has 9 aromatic carbocycles. The van der Waals surface area contributed by atoms with Crippen LogP contribution in [0.5, 0.6) is 0 Å². The van der Waals surface area contributed by atoms with Crippen molar-refractivity contribution in [3.63, 3.8) is 0 Å². The van der Waals surface area contributed by atoms with Crippen LogP contribution in [-0.4, -0.2) is 24.4 Å². The Balaban J connectivity index is 0.810. The molecule has 312 valence electrons. The summed E-state index contributed by atoms with van der Waals surface area (Å²) >= 11 is 0. The molecule has 3 aliphatic rings. The molecule has 0 fully saturated rings. The van der Waals surface area contributed by atoms with Gasteiger partial charge in [0.25, 0.3) is 0 Å². The number of fused-ring (bicyclic) bond motifs is 12. The molecular formula is C62H49N3. The number of benzene rings is 9. The summed E-state index contributed by atoms with van der Waals surface area (Å²) in [5.74, 6) is 0.470. The predicted octanol–water partition coefficient (Wildman–Crippen LogP) is 15.7. The van der Waals surface area contributed by atoms with Gasteiger partial charge >= 0.3 is 0 Å².